The second-order valence-corrected chi connectivity index (χ2v) is 5.24. The van der Waals surface area contributed by atoms with Crippen molar-refractivity contribution >= 4 is 17.7 Å². The fourth-order valence-corrected chi connectivity index (χ4v) is 2.32. The summed E-state index contributed by atoms with van der Waals surface area (Å²) in [5, 5.41) is 2.69. The van der Waals surface area contributed by atoms with E-state index in [0.717, 1.165) is 5.69 Å². The summed E-state index contributed by atoms with van der Waals surface area (Å²) in [5.41, 5.74) is 1.80. The number of nitrogens with zero attached hydrogens (tertiary/aromatic N) is 2. The first-order chi connectivity index (χ1) is 12.2. The average molecular weight is 335 g/mol. The van der Waals surface area contributed by atoms with Crippen molar-refractivity contribution in [3.05, 3.63) is 78.2 Å². The van der Waals surface area contributed by atoms with Crippen LogP contribution in [0.25, 0.3) is 5.69 Å². The monoisotopic (exact) mass is 335 g/mol. The molecule has 1 aromatic carbocycles. The number of hydrogen-bond acceptors (Lipinski definition) is 4. The first-order valence-electron chi connectivity index (χ1n) is 7.85. The molecule has 2 aromatic heterocycles. The van der Waals surface area contributed by atoms with Gasteiger partial charge in [-0.05, 0) is 55.5 Å². The molecule has 126 valence electrons. The van der Waals surface area contributed by atoms with E-state index in [-0.39, 0.29) is 12.5 Å². The molecule has 0 saturated carbocycles. The van der Waals surface area contributed by atoms with Gasteiger partial charge in [0.15, 0.2) is 0 Å². The molecule has 0 bridgehead atoms. The Kier molecular flexibility index (Phi) is 4.89. The molecular weight excluding hydrogens is 318 g/mol. The smallest absolute Gasteiger partial charge is 0.338 e. The van der Waals surface area contributed by atoms with Gasteiger partial charge in [-0.1, -0.05) is 0 Å². The highest BCUT2D eigenvalue weighted by Gasteiger charge is 2.11. The lowest BCUT2D eigenvalue weighted by molar-refractivity contribution is 0.0526. The number of ether oxygens (including phenoxy) is 1. The maximum atomic E-state index is 12.3. The van der Waals surface area contributed by atoms with Crippen molar-refractivity contribution in [2.24, 2.45) is 0 Å². The van der Waals surface area contributed by atoms with Crippen molar-refractivity contribution in [2.75, 3.05) is 11.9 Å². The van der Waals surface area contributed by atoms with Gasteiger partial charge in [0, 0.05) is 29.8 Å². The number of pyridine rings is 1. The van der Waals surface area contributed by atoms with Crippen molar-refractivity contribution in [1.29, 1.82) is 0 Å². The van der Waals surface area contributed by atoms with Crippen molar-refractivity contribution in [1.82, 2.24) is 9.55 Å². The third kappa shape index (κ3) is 3.92. The van der Waals surface area contributed by atoms with Crippen LogP contribution in [-0.4, -0.2) is 28.0 Å². The molecule has 0 aliphatic rings. The predicted molar refractivity (Wildman–Crippen MR) is 93.9 cm³/mol. The standard InChI is InChI=1S/C19H17N3O3/c1-2-25-19(24)15-9-10-20-17(13-15)21-18(23)14-5-7-16(8-6-14)22-11-3-4-12-22/h3-13H,2H2,1H3,(H,20,21,23). The van der Waals surface area contributed by atoms with Crippen LogP contribution in [0.3, 0.4) is 0 Å². The van der Waals surface area contributed by atoms with Crippen molar-refractivity contribution < 1.29 is 14.3 Å². The lowest BCUT2D eigenvalue weighted by Gasteiger charge is -2.08. The Hall–Kier alpha value is -3.41. The number of nitrogens with one attached hydrogen (secondary N) is 1. The van der Waals surface area contributed by atoms with E-state index in [1.165, 1.54) is 12.3 Å². The zero-order valence-corrected chi connectivity index (χ0v) is 13.7. The number of esters is 1. The van der Waals surface area contributed by atoms with E-state index in [9.17, 15) is 9.59 Å². The minimum Gasteiger partial charge on any atom is -0.462 e. The van der Waals surface area contributed by atoms with E-state index in [1.54, 1.807) is 25.1 Å². The molecule has 25 heavy (non-hydrogen) atoms. The molecule has 1 N–H and O–H groups in total. The molecular formula is C19H17N3O3. The van der Waals surface area contributed by atoms with Gasteiger partial charge < -0.3 is 14.6 Å². The highest BCUT2D eigenvalue weighted by molar-refractivity contribution is 6.04. The summed E-state index contributed by atoms with van der Waals surface area (Å²) in [4.78, 5) is 28.1. The van der Waals surface area contributed by atoms with E-state index >= 15 is 0 Å². The number of benzene rings is 1. The molecule has 0 aliphatic carbocycles. The molecule has 0 saturated heterocycles. The van der Waals surface area contributed by atoms with Crippen LogP contribution in [0.15, 0.2) is 67.1 Å². The number of hydrogen-bond donors (Lipinski definition) is 1. The molecule has 6 heteroatoms. The molecule has 1 amide bonds. The molecule has 3 rings (SSSR count). The number of amides is 1. The van der Waals surface area contributed by atoms with Gasteiger partial charge in [0.1, 0.15) is 5.82 Å². The van der Waals surface area contributed by atoms with Gasteiger partial charge in [-0.2, -0.15) is 0 Å². The second-order valence-electron chi connectivity index (χ2n) is 5.24. The van der Waals surface area contributed by atoms with Gasteiger partial charge in [-0.25, -0.2) is 9.78 Å². The van der Waals surface area contributed by atoms with Crippen LogP contribution >= 0.6 is 0 Å². The van der Waals surface area contributed by atoms with Gasteiger partial charge in [0.25, 0.3) is 5.91 Å². The Morgan fingerprint density at radius 3 is 2.48 bits per heavy atom. The van der Waals surface area contributed by atoms with Gasteiger partial charge in [-0.3, -0.25) is 4.79 Å². The fourth-order valence-electron chi connectivity index (χ4n) is 2.32. The van der Waals surface area contributed by atoms with E-state index in [2.05, 4.69) is 10.3 Å². The summed E-state index contributed by atoms with van der Waals surface area (Å²) in [6.07, 6.45) is 5.32. The van der Waals surface area contributed by atoms with Crippen molar-refractivity contribution in [2.45, 2.75) is 6.92 Å². The molecule has 0 fully saturated rings. The van der Waals surface area contributed by atoms with Crippen LogP contribution < -0.4 is 5.32 Å². The van der Waals surface area contributed by atoms with Gasteiger partial charge in [0.05, 0.1) is 12.2 Å². The summed E-state index contributed by atoms with van der Waals surface area (Å²) in [6.45, 7) is 2.02. The summed E-state index contributed by atoms with van der Waals surface area (Å²) < 4.78 is 6.89. The Morgan fingerprint density at radius 2 is 1.80 bits per heavy atom. The van der Waals surface area contributed by atoms with E-state index in [4.69, 9.17) is 4.74 Å². The largest absolute Gasteiger partial charge is 0.462 e. The number of rotatable bonds is 5. The summed E-state index contributed by atoms with van der Waals surface area (Å²) in [5.74, 6) is -0.450. The Labute approximate surface area is 145 Å². The first-order valence-corrected chi connectivity index (χ1v) is 7.85. The van der Waals surface area contributed by atoms with Gasteiger partial charge in [-0.15, -0.1) is 0 Å². The SMILES string of the molecule is CCOC(=O)c1ccnc(NC(=O)c2ccc(-n3cccc3)cc2)c1. The highest BCUT2D eigenvalue weighted by atomic mass is 16.5. The van der Waals surface area contributed by atoms with E-state index in [0.29, 0.717) is 16.9 Å². The summed E-state index contributed by atoms with van der Waals surface area (Å²) >= 11 is 0. The highest BCUT2D eigenvalue weighted by Crippen LogP contribution is 2.13. The van der Waals surface area contributed by atoms with Crippen LogP contribution in [0.2, 0.25) is 0 Å². The van der Waals surface area contributed by atoms with Crippen LogP contribution in [0.4, 0.5) is 5.82 Å². The lowest BCUT2D eigenvalue weighted by Crippen LogP contribution is -2.14. The summed E-state index contributed by atoms with van der Waals surface area (Å²) in [6, 6.07) is 14.1. The van der Waals surface area contributed by atoms with Crippen molar-refractivity contribution in [3.63, 3.8) is 0 Å². The van der Waals surface area contributed by atoms with Crippen LogP contribution in [0.1, 0.15) is 27.6 Å². The molecule has 6 nitrogen and oxygen atoms in total. The van der Waals surface area contributed by atoms with Gasteiger partial charge >= 0.3 is 5.97 Å². The van der Waals surface area contributed by atoms with Crippen LogP contribution in [0, 0.1) is 0 Å². The average Bonchev–Trinajstić information content (AvgIpc) is 3.17. The van der Waals surface area contributed by atoms with Gasteiger partial charge in [0.2, 0.25) is 0 Å². The van der Waals surface area contributed by atoms with Crippen molar-refractivity contribution in [3.8, 4) is 5.69 Å². The Balaban J connectivity index is 1.72. The first kappa shape index (κ1) is 16.4. The number of carbonyl (C=O) groups excluding carboxylic acids is 2. The predicted octanol–water partition coefficient (Wildman–Crippen LogP) is 3.30. The van der Waals surface area contributed by atoms with Crippen LogP contribution in [-0.2, 0) is 4.74 Å². The normalized spacial score (nSPS) is 10.3. The zero-order valence-electron chi connectivity index (χ0n) is 13.7. The maximum Gasteiger partial charge on any atom is 0.338 e. The topological polar surface area (TPSA) is 73.2 Å². The molecule has 3 aromatic rings. The fraction of sp³-hybridized carbons (Fsp3) is 0.105. The minimum absolute atomic E-state index is 0.288. The lowest BCUT2D eigenvalue weighted by atomic mass is 10.2. The number of carbonyl (C=O) groups is 2. The quantitative estimate of drug-likeness (QED) is 0.726. The molecule has 0 unspecified atom stereocenters. The second kappa shape index (κ2) is 7.44. The molecule has 0 atom stereocenters. The Morgan fingerprint density at radius 1 is 1.08 bits per heavy atom. The third-order valence-corrected chi connectivity index (χ3v) is 3.54. The minimum atomic E-state index is -0.448. The van der Waals surface area contributed by atoms with E-state index in [1.807, 2.05) is 41.2 Å². The molecule has 0 radical (unpaired) electrons. The molecule has 0 spiro atoms. The molecule has 2 heterocycles. The number of anilines is 1. The number of aromatic nitrogens is 2. The van der Waals surface area contributed by atoms with E-state index < -0.39 is 5.97 Å². The zero-order chi connectivity index (χ0) is 17.6. The molecule has 0 aliphatic heterocycles. The van der Waals surface area contributed by atoms with Crippen LogP contribution in [0.5, 0.6) is 0 Å². The Bertz CT molecular complexity index is 871. The summed E-state index contributed by atoms with van der Waals surface area (Å²) in [7, 11) is 0. The maximum absolute atomic E-state index is 12.3. The third-order valence-electron chi connectivity index (χ3n) is 3.54.